The van der Waals surface area contributed by atoms with Gasteiger partial charge in [0.1, 0.15) is 41.3 Å². The monoisotopic (exact) mass is 606 g/mol. The van der Waals surface area contributed by atoms with Crippen molar-refractivity contribution in [1.29, 1.82) is 5.26 Å². The predicted octanol–water partition coefficient (Wildman–Crippen LogP) is 1.62. The first kappa shape index (κ1) is 29.4. The Kier molecular flexibility index (Phi) is 8.42. The quantitative estimate of drug-likeness (QED) is 0.150. The van der Waals surface area contributed by atoms with Crippen molar-refractivity contribution >= 4 is 43.6 Å². The van der Waals surface area contributed by atoms with E-state index in [1.165, 1.54) is 23.0 Å². The lowest BCUT2D eigenvalue weighted by molar-refractivity contribution is -0.0483. The Labute approximate surface area is 224 Å². The van der Waals surface area contributed by atoms with Crippen LogP contribution in [0.15, 0.2) is 24.7 Å². The molecule has 19 heteroatoms. The molecule has 1 unspecified atom stereocenters. The number of nitrogens with one attached hydrogen (secondary N) is 1. The van der Waals surface area contributed by atoms with E-state index in [1.54, 1.807) is 6.92 Å². The van der Waals surface area contributed by atoms with Crippen molar-refractivity contribution in [2.24, 2.45) is 0 Å². The van der Waals surface area contributed by atoms with Gasteiger partial charge in [-0.25, -0.2) is 14.4 Å². The van der Waals surface area contributed by atoms with Gasteiger partial charge in [-0.2, -0.15) is 5.26 Å². The average Bonchev–Trinajstić information content (AvgIpc) is 3.37. The van der Waals surface area contributed by atoms with E-state index in [0.717, 1.165) is 6.20 Å². The van der Waals surface area contributed by atoms with Crippen LogP contribution in [0.2, 0.25) is 5.15 Å². The molecule has 0 amide bonds. The molecule has 6 N–H and O–H groups in total. The lowest BCUT2D eigenvalue weighted by Crippen LogP contribution is -2.33. The maximum absolute atomic E-state index is 13.3. The second-order valence-electron chi connectivity index (χ2n) is 8.64. The van der Waals surface area contributed by atoms with Crippen LogP contribution in [0.4, 0.5) is 10.1 Å². The van der Waals surface area contributed by atoms with Gasteiger partial charge in [-0.3, -0.25) is 18.7 Å². The Morgan fingerprint density at radius 1 is 1.28 bits per heavy atom. The molecule has 0 radical (unpaired) electrons. The van der Waals surface area contributed by atoms with Gasteiger partial charge < -0.3 is 39.5 Å². The predicted molar refractivity (Wildman–Crippen MR) is 132 cm³/mol. The summed E-state index contributed by atoms with van der Waals surface area (Å²) >= 11 is 6.27. The molecule has 3 aromatic heterocycles. The average molecular weight is 607 g/mol. The zero-order chi connectivity index (χ0) is 28.7. The number of aliphatic hydroxyl groups excluding tert-OH is 2. The van der Waals surface area contributed by atoms with E-state index in [0.29, 0.717) is 5.69 Å². The van der Waals surface area contributed by atoms with Crippen molar-refractivity contribution in [3.8, 4) is 6.07 Å². The number of fused-ring (bicyclic) bond motifs is 1. The Morgan fingerprint density at radius 3 is 2.62 bits per heavy atom. The smallest absolute Gasteiger partial charge is 0.340 e. The van der Waals surface area contributed by atoms with Gasteiger partial charge in [0.2, 0.25) is 0 Å². The van der Waals surface area contributed by atoms with Crippen molar-refractivity contribution in [1.82, 2.24) is 19.5 Å². The van der Waals surface area contributed by atoms with Gasteiger partial charge in [0.25, 0.3) is 0 Å². The van der Waals surface area contributed by atoms with Gasteiger partial charge >= 0.3 is 15.2 Å². The molecule has 0 aromatic carbocycles. The SMILES string of the molecule is C[C@H](Nc1c(C#N)c(Cl)nc2c1ncn2[C@@H]1O[C@H](COP(=O)(O)CP(=O)(O)O)[C@@H](O)[C@H]1O)c1ccc(F)cn1. The fraction of sp³-hybridized carbons (Fsp3) is 0.400. The van der Waals surface area contributed by atoms with Gasteiger partial charge in [-0.05, 0) is 19.1 Å². The first-order valence-electron chi connectivity index (χ1n) is 11.1. The molecule has 0 spiro atoms. The van der Waals surface area contributed by atoms with E-state index in [-0.39, 0.29) is 27.6 Å². The molecule has 1 aliphatic rings. The third-order valence-corrected chi connectivity index (χ3v) is 9.48. The Balaban J connectivity index is 1.62. The maximum Gasteiger partial charge on any atom is 0.340 e. The largest absolute Gasteiger partial charge is 0.387 e. The van der Waals surface area contributed by atoms with Gasteiger partial charge in [0, 0.05) is 0 Å². The van der Waals surface area contributed by atoms with Crippen LogP contribution in [0, 0.1) is 17.1 Å². The summed E-state index contributed by atoms with van der Waals surface area (Å²) in [5.41, 5.74) is 0.730. The number of nitriles is 1. The Morgan fingerprint density at radius 2 is 2.00 bits per heavy atom. The topological polar surface area (TPSA) is 233 Å². The molecule has 0 aliphatic carbocycles. The number of aromatic nitrogens is 4. The lowest BCUT2D eigenvalue weighted by atomic mass is 10.1. The zero-order valence-corrected chi connectivity index (χ0v) is 22.4. The minimum atomic E-state index is -4.88. The standard InChI is InChI=1S/C20H22ClFN6O9P2/c1-9(12-3-2-10(22)5-24-12)26-14-11(4-23)18(21)27-19-15(14)25-7-28(19)20-17(30)16(29)13(37-20)6-36-39(34,35)8-38(31,32)33/h2-3,5,7,9,13,16-17,20,29-30H,6,8H2,1H3,(H,26,27)(H,34,35)(H2,31,32,33)/t9-,13+,16+,17+,20+/m0/s1. The molecule has 6 atom stereocenters. The van der Waals surface area contributed by atoms with Crippen LogP contribution in [-0.2, 0) is 18.4 Å². The summed E-state index contributed by atoms with van der Waals surface area (Å²) in [6.45, 7) is 0.923. The van der Waals surface area contributed by atoms with E-state index in [9.17, 15) is 33.9 Å². The Bertz CT molecular complexity index is 1510. The van der Waals surface area contributed by atoms with Crippen LogP contribution in [0.1, 0.15) is 30.5 Å². The molecule has 210 valence electrons. The summed E-state index contributed by atoms with van der Waals surface area (Å²) in [7, 11) is -9.62. The first-order chi connectivity index (χ1) is 18.2. The second kappa shape index (κ2) is 11.1. The number of hydrogen-bond acceptors (Lipinski definition) is 11. The summed E-state index contributed by atoms with van der Waals surface area (Å²) < 4.78 is 47.8. The number of pyridine rings is 2. The van der Waals surface area contributed by atoms with Crippen molar-refractivity contribution in [3.05, 3.63) is 46.9 Å². The van der Waals surface area contributed by atoms with Crippen molar-refractivity contribution < 1.29 is 47.7 Å². The van der Waals surface area contributed by atoms with Crippen LogP contribution in [0.3, 0.4) is 0 Å². The minimum absolute atomic E-state index is 0.0351. The second-order valence-corrected chi connectivity index (χ2v) is 13.0. The molecule has 4 rings (SSSR count). The number of rotatable bonds is 9. The van der Waals surface area contributed by atoms with Crippen LogP contribution in [0.25, 0.3) is 11.2 Å². The van der Waals surface area contributed by atoms with E-state index in [4.69, 9.17) is 30.6 Å². The van der Waals surface area contributed by atoms with Crippen molar-refractivity contribution in [3.63, 3.8) is 0 Å². The third-order valence-electron chi connectivity index (χ3n) is 5.75. The summed E-state index contributed by atoms with van der Waals surface area (Å²) in [5, 5.41) is 33.6. The molecule has 1 fully saturated rings. The van der Waals surface area contributed by atoms with Gasteiger partial charge in [-0.1, -0.05) is 11.6 Å². The fourth-order valence-corrected chi connectivity index (χ4v) is 6.72. The van der Waals surface area contributed by atoms with Gasteiger partial charge in [0.15, 0.2) is 22.9 Å². The van der Waals surface area contributed by atoms with Crippen molar-refractivity contribution in [2.75, 3.05) is 17.8 Å². The number of ether oxygens (including phenoxy) is 1. The maximum atomic E-state index is 13.3. The summed E-state index contributed by atoms with van der Waals surface area (Å²) in [5.74, 6) is -1.96. The fourth-order valence-electron chi connectivity index (χ4n) is 3.93. The number of halogens is 2. The summed E-state index contributed by atoms with van der Waals surface area (Å²) in [4.78, 5) is 40.0. The van der Waals surface area contributed by atoms with Gasteiger partial charge in [-0.15, -0.1) is 0 Å². The van der Waals surface area contributed by atoms with E-state index in [2.05, 4.69) is 20.3 Å². The number of imidazole rings is 1. The van der Waals surface area contributed by atoms with E-state index >= 15 is 0 Å². The molecule has 4 heterocycles. The number of anilines is 1. The summed E-state index contributed by atoms with van der Waals surface area (Å²) in [6, 6.07) is 4.08. The normalized spacial score (nSPS) is 23.9. The highest BCUT2D eigenvalue weighted by Crippen LogP contribution is 2.55. The summed E-state index contributed by atoms with van der Waals surface area (Å²) in [6.07, 6.45) is -3.75. The third kappa shape index (κ3) is 6.45. The molecule has 1 aliphatic heterocycles. The molecule has 15 nitrogen and oxygen atoms in total. The zero-order valence-electron chi connectivity index (χ0n) is 19.9. The minimum Gasteiger partial charge on any atom is -0.387 e. The van der Waals surface area contributed by atoms with Crippen LogP contribution < -0.4 is 5.32 Å². The highest BCUT2D eigenvalue weighted by atomic mass is 35.5. The number of aliphatic hydroxyl groups is 2. The molecule has 1 saturated heterocycles. The highest BCUT2D eigenvalue weighted by molar-refractivity contribution is 7.70. The highest BCUT2D eigenvalue weighted by Gasteiger charge is 2.46. The number of nitrogens with zero attached hydrogens (tertiary/aromatic N) is 5. The lowest BCUT2D eigenvalue weighted by Gasteiger charge is -2.19. The molecule has 39 heavy (non-hydrogen) atoms. The molecule has 3 aromatic rings. The van der Waals surface area contributed by atoms with Crippen LogP contribution in [0.5, 0.6) is 0 Å². The van der Waals surface area contributed by atoms with Crippen LogP contribution >= 0.6 is 26.8 Å². The van der Waals surface area contributed by atoms with E-state index < -0.39 is 64.1 Å². The molecular weight excluding hydrogens is 585 g/mol. The van der Waals surface area contributed by atoms with Crippen LogP contribution in [-0.4, -0.2) is 75.2 Å². The van der Waals surface area contributed by atoms with Gasteiger partial charge in [0.05, 0.1) is 36.6 Å². The van der Waals surface area contributed by atoms with Crippen molar-refractivity contribution in [2.45, 2.75) is 37.5 Å². The molecule has 0 saturated carbocycles. The molecular formula is C20H22ClFN6O9P2. The molecule has 0 bridgehead atoms. The van der Waals surface area contributed by atoms with E-state index in [1.807, 2.05) is 6.07 Å². The Hall–Kier alpha value is -2.54. The number of hydrogen-bond donors (Lipinski definition) is 6. The first-order valence-corrected chi connectivity index (χ1v) is 15.0.